The van der Waals surface area contributed by atoms with Gasteiger partial charge in [-0.05, 0) is 269 Å². The van der Waals surface area contributed by atoms with E-state index in [1.807, 2.05) is 13.8 Å². The molecule has 20 heteroatoms. The van der Waals surface area contributed by atoms with E-state index in [1.165, 1.54) is 0 Å². The summed E-state index contributed by atoms with van der Waals surface area (Å²) < 4.78 is 683. The van der Waals surface area contributed by atoms with Crippen molar-refractivity contribution >= 4 is 0 Å². The Morgan fingerprint density at radius 1 is 0.336 bits per heavy atom. The number of aliphatic hydroxyl groups excluding tert-OH is 5. The van der Waals surface area contributed by atoms with Crippen LogP contribution >= 0.6 is 0 Å². The molecule has 664 valence electrons. The molecule has 10 heterocycles. The monoisotopic (exact) mass is 1730 g/mol. The van der Waals surface area contributed by atoms with E-state index < -0.39 is 480 Å². The fourth-order valence-electron chi connectivity index (χ4n) is 14.8. The number of aliphatic hydroxyl groups is 5. The molecule has 0 spiro atoms. The molecule has 5 saturated heterocycles. The predicted octanol–water partition coefficient (Wildman–Crippen LogP) is 16.7. The molecule has 0 bridgehead atoms. The summed E-state index contributed by atoms with van der Waals surface area (Å²) in [5.41, 5.74) is -18.9. The SMILES string of the molecule is [2H]c1c(OC([2H])([2H])[2H])c(OC)c([2H])c2c1C1([2H])CC(O)C(C([2H])([2H])C(C)(C([2H])([2H])[2H])C([2H])([2H])[2H])CN1C([2H])([2H])C2([2H])[2H].[2H]c1c(OC([2H])([2H])[2H])c(OC)c([2H])c2c1C1([2H])CC(O)C(C([2H])([2H])C(C)(C([2H])([2H])[2H])C([2H])([2H])[2H])CN1C([2H])([2H])C2([2H])[2H].[2H]c1c(OC([2H])([2H])[2H])c(OC)c([2H])c2c1C1([2H])CC(O)C(CC(C)C)CN1C([2H])([2H])C2([2H])[2H].[2H]c1c(OC)c(OC)c([2H])c2c1C1([2H])CC(O)C(C([2H])([2H])C(C)(C([2H])([2H])[2H])C([2H])([2H])[2H])CN1C([2H])([2H])C2([2H])[2H].[2H]c1c(OC)c(OC)c([2H])c2c1C1([2H])CC(O)C(C([2H])([2H])C(C)(C([2H])([2H])[2H])C([2H])([2H])[2H])CN1C([2H])([2H])C2([2H])[2H]. The maximum atomic E-state index is 11.2. The molecule has 119 heavy (non-hydrogen) atoms. The smallest absolute Gasteiger partial charge is 0.161 e. The summed E-state index contributed by atoms with van der Waals surface area (Å²) in [5.74, 6) is -13.9. The van der Waals surface area contributed by atoms with Crippen LogP contribution in [0.25, 0.3) is 0 Å². The zero-order valence-corrected chi connectivity index (χ0v) is 67.7. The first-order valence-electron chi connectivity index (χ1n) is 75.5. The summed E-state index contributed by atoms with van der Waals surface area (Å²) in [7, 11) is -1.79. The lowest BCUT2D eigenvalue weighted by atomic mass is 9.75. The van der Waals surface area contributed by atoms with E-state index in [0.29, 0.717) is 53.7 Å². The molecule has 5 aromatic carbocycles. The molecular weight excluding hydrogens is 1500 g/mol. The molecule has 20 nitrogen and oxygen atoms in total. The van der Waals surface area contributed by atoms with Crippen LogP contribution in [0, 0.1) is 57.2 Å². The van der Waals surface area contributed by atoms with Crippen LogP contribution in [0.5, 0.6) is 57.5 Å². The molecule has 5 aromatic rings. The third kappa shape index (κ3) is 22.8. The van der Waals surface area contributed by atoms with Crippen LogP contribution in [0.1, 0.15) is 350 Å². The number of benzene rings is 5. The topological polar surface area (TPSA) is 210 Å². The van der Waals surface area contributed by atoms with E-state index >= 15 is 0 Å². The van der Waals surface area contributed by atoms with E-state index in [0.717, 1.165) is 54.7 Å². The number of nitrogens with zero attached hydrogens (tertiary/aromatic N) is 5. The Bertz CT molecular complexity index is 7340. The first-order valence-corrected chi connectivity index (χ1v) is 37.5. The van der Waals surface area contributed by atoms with E-state index in [9.17, 15) is 32.4 Å². The largest absolute Gasteiger partial charge is 0.493 e. The molecule has 0 aromatic heterocycles. The third-order valence-electron chi connectivity index (χ3n) is 20.1. The lowest BCUT2D eigenvalue weighted by Gasteiger charge is -2.47. The zero-order valence-electron chi connectivity index (χ0n) is 144. The molecule has 5 N–H and O–H groups in total. The van der Waals surface area contributed by atoms with Gasteiger partial charge in [0.1, 0.15) is 0 Å². The number of methoxy groups -OCH3 is 10. The molecule has 15 unspecified atom stereocenters. The fourth-order valence-corrected chi connectivity index (χ4v) is 14.8. The lowest BCUT2D eigenvalue weighted by Crippen LogP contribution is -2.48. The minimum absolute atomic E-state index is 0.150. The van der Waals surface area contributed by atoms with Crippen molar-refractivity contribution in [2.24, 2.45) is 57.2 Å². The average Bonchev–Trinajstić information content (AvgIpc) is 0.678. The molecule has 0 saturated carbocycles. The molecule has 15 atom stereocenters. The van der Waals surface area contributed by atoms with E-state index in [-0.39, 0.29) is 41.9 Å². The van der Waals surface area contributed by atoms with Crippen LogP contribution in [-0.2, 0) is 31.9 Å². The Hall–Kier alpha value is -6.30. The summed E-state index contributed by atoms with van der Waals surface area (Å²) in [6.45, 7) is -40.9. The van der Waals surface area contributed by atoms with Gasteiger partial charge in [0.2, 0.25) is 0 Å². The van der Waals surface area contributed by atoms with Crippen molar-refractivity contribution in [2.45, 2.75) is 253 Å². The Morgan fingerprint density at radius 3 is 0.706 bits per heavy atom. The van der Waals surface area contributed by atoms with Gasteiger partial charge in [0.25, 0.3) is 0 Å². The van der Waals surface area contributed by atoms with Crippen molar-refractivity contribution in [3.05, 3.63) is 116 Å². The second-order valence-corrected chi connectivity index (χ2v) is 30.2. The summed E-state index contributed by atoms with van der Waals surface area (Å²) >= 11 is 0. The predicted molar refractivity (Wildman–Crippen MR) is 474 cm³/mol. The summed E-state index contributed by atoms with van der Waals surface area (Å²) in [4.78, 5) is 3.02. The first kappa shape index (κ1) is 35.6. The van der Waals surface area contributed by atoms with Gasteiger partial charge in [-0.3, -0.25) is 24.5 Å². The lowest BCUT2D eigenvalue weighted by molar-refractivity contribution is -0.0259. The van der Waals surface area contributed by atoms with Crippen LogP contribution in [-0.4, -0.2) is 217 Å². The van der Waals surface area contributed by atoms with Gasteiger partial charge in [-0.25, -0.2) is 0 Å². The number of hydrogen-bond acceptors (Lipinski definition) is 20. The summed E-state index contributed by atoms with van der Waals surface area (Å²) in [6, 6.07) is -20.1. The molecular formula is C99H153N5O15. The van der Waals surface area contributed by atoms with Gasteiger partial charge in [0.15, 0.2) is 57.5 Å². The number of hydrogen-bond donors (Lipinski definition) is 5. The number of ether oxygens (including phenoxy) is 10. The van der Waals surface area contributed by atoms with Crippen molar-refractivity contribution in [1.82, 2.24) is 24.5 Å². The van der Waals surface area contributed by atoms with Gasteiger partial charge < -0.3 is 72.9 Å². The summed E-state index contributed by atoms with van der Waals surface area (Å²) in [6.07, 6.45) is -41.2. The molecule has 0 aliphatic carbocycles. The molecule has 10 aliphatic rings. The van der Waals surface area contributed by atoms with Crippen molar-refractivity contribution in [3.63, 3.8) is 0 Å². The van der Waals surface area contributed by atoms with Crippen molar-refractivity contribution in [3.8, 4) is 57.5 Å². The zero-order chi connectivity index (χ0) is 152. The average molecular weight is 1730 g/mol. The minimum atomic E-state index is -3.47. The highest BCUT2D eigenvalue weighted by Crippen LogP contribution is 2.52. The molecule has 10 aliphatic heterocycles. The molecule has 0 amide bonds. The fraction of sp³-hybridized carbons (Fsp3) is 0.697. The number of piperidine rings is 5. The van der Waals surface area contributed by atoms with E-state index in [1.54, 1.807) is 0 Å². The Morgan fingerprint density at radius 2 is 0.521 bits per heavy atom. The van der Waals surface area contributed by atoms with Crippen LogP contribution in [0.4, 0.5) is 0 Å². The normalized spacial score (nSPS) is 45.7. The van der Waals surface area contributed by atoms with Crippen molar-refractivity contribution in [1.29, 1.82) is 0 Å². The van der Waals surface area contributed by atoms with E-state index in [2.05, 4.69) is 0 Å². The molecule has 0 radical (unpaired) electrons. The van der Waals surface area contributed by atoms with Gasteiger partial charge in [0.05, 0.1) is 134 Å². The van der Waals surface area contributed by atoms with Crippen LogP contribution in [0.15, 0.2) is 60.4 Å². The molecule has 15 rings (SSSR count). The van der Waals surface area contributed by atoms with Crippen molar-refractivity contribution < 1.29 is 177 Å². The maximum Gasteiger partial charge on any atom is 0.161 e. The first-order chi connectivity index (χ1) is 86.5. The quantitative estimate of drug-likeness (QED) is 0.0622. The highest BCUT2D eigenvalue weighted by molar-refractivity contribution is 5.54. The number of fused-ring (bicyclic) bond motifs is 15. The highest BCUT2D eigenvalue weighted by Gasteiger charge is 2.46. The Balaban J connectivity index is 0.000000225. The van der Waals surface area contributed by atoms with Crippen LogP contribution < -0.4 is 47.4 Å². The second kappa shape index (κ2) is 39.7. The summed E-state index contributed by atoms with van der Waals surface area (Å²) in [5, 5.41) is 55.7. The van der Waals surface area contributed by atoms with Crippen molar-refractivity contribution in [2.75, 3.05) is 136 Å². The Labute approximate surface area is 821 Å². The van der Waals surface area contributed by atoms with Crippen LogP contribution in [0.3, 0.4) is 0 Å². The van der Waals surface area contributed by atoms with Gasteiger partial charge in [-0.2, -0.15) is 0 Å². The van der Waals surface area contributed by atoms with Gasteiger partial charge in [-0.1, -0.05) is 96.4 Å². The Kier molecular flexibility index (Phi) is 11.9. The second-order valence-electron chi connectivity index (χ2n) is 30.2. The van der Waals surface area contributed by atoms with Gasteiger partial charge in [-0.15, -0.1) is 0 Å². The standard InChI is InChI=1S/4C20H31NO3.C19H29NO3/c4*1-20(2,3)11-14-12-21-7-6-13-8-18(23-4)19(24-5)9-15(13)16(21)10-17(14)22;1-12(2)7-14-11-20-6-5-13-8-18(22-3)19(23-4)9-15(13)16(20)10-17(14)21/h4*8-9,14,16-17,22H,6-7,10-12H2,1-5H3;8-9,12,14,16-17,21H,5-7,10-11H2,1-4H3/i2*1D3,2D3,5D3,6D2,7D2,8D,9D,11D2,16D;2*1D3,2D3,6D2,7D2,8D,9D,11D2,16D;4D3,5D2,6D2,8D,9D,16D. The van der Waals surface area contributed by atoms with Gasteiger partial charge >= 0.3 is 0 Å². The third-order valence-corrected chi connectivity index (χ3v) is 20.1. The van der Waals surface area contributed by atoms with Gasteiger partial charge in [0, 0.05) is 167 Å². The van der Waals surface area contributed by atoms with Crippen LogP contribution in [0.2, 0.25) is 0 Å². The van der Waals surface area contributed by atoms with E-state index in [4.69, 9.17) is 145 Å². The maximum absolute atomic E-state index is 11.2. The highest BCUT2D eigenvalue weighted by atomic mass is 16.5. The molecule has 5 fully saturated rings. The number of rotatable bonds is 16. The minimum Gasteiger partial charge on any atom is -0.493 e.